The maximum Gasteiger partial charge on any atom is 0.276 e. The third-order valence-electron chi connectivity index (χ3n) is 3.46. The van der Waals surface area contributed by atoms with Crippen molar-refractivity contribution in [3.8, 4) is 11.8 Å². The lowest BCUT2D eigenvalue weighted by atomic mass is 10.1. The summed E-state index contributed by atoms with van der Waals surface area (Å²) < 4.78 is 0. The average molecular weight is 301 g/mol. The summed E-state index contributed by atoms with van der Waals surface area (Å²) in [6.45, 7) is 0. The molecule has 0 aliphatic heterocycles. The van der Waals surface area contributed by atoms with Gasteiger partial charge in [-0.05, 0) is 35.0 Å². The van der Waals surface area contributed by atoms with E-state index in [1.807, 2.05) is 42.5 Å². The molecule has 0 bridgehead atoms. The predicted octanol–water partition coefficient (Wildman–Crippen LogP) is 3.53. The number of nitrogens with one attached hydrogen (secondary N) is 1. The van der Waals surface area contributed by atoms with Crippen molar-refractivity contribution in [2.45, 2.75) is 0 Å². The first-order valence-electron chi connectivity index (χ1n) is 7.21. The summed E-state index contributed by atoms with van der Waals surface area (Å²) in [7, 11) is 1.40. The Hall–Kier alpha value is -3.09. The molecule has 3 rings (SSSR count). The van der Waals surface area contributed by atoms with Gasteiger partial charge in [-0.1, -0.05) is 54.3 Å². The van der Waals surface area contributed by atoms with Gasteiger partial charge in [-0.3, -0.25) is 9.63 Å². The summed E-state index contributed by atoms with van der Waals surface area (Å²) >= 11 is 0. The van der Waals surface area contributed by atoms with Crippen LogP contribution in [0.1, 0.15) is 21.5 Å². The van der Waals surface area contributed by atoms with Gasteiger partial charge in [0.05, 0.1) is 12.7 Å². The van der Waals surface area contributed by atoms with Gasteiger partial charge in [0.2, 0.25) is 0 Å². The number of rotatable bonds is 2. The standard InChI is InChI=1S/C20H15NO2/c1-23-21-20(22)19-9-5-4-7-17(19)13-11-15-10-12-16-6-2-3-8-18(16)14-15/h2-10,12,14H,1H3,(H,21,22). The zero-order valence-corrected chi connectivity index (χ0v) is 12.7. The molecule has 0 unspecified atom stereocenters. The van der Waals surface area contributed by atoms with Gasteiger partial charge in [0.1, 0.15) is 0 Å². The van der Waals surface area contributed by atoms with Crippen LogP contribution in [-0.2, 0) is 4.84 Å². The van der Waals surface area contributed by atoms with E-state index in [2.05, 4.69) is 34.3 Å². The molecule has 1 N–H and O–H groups in total. The summed E-state index contributed by atoms with van der Waals surface area (Å²) in [6.07, 6.45) is 0. The number of carbonyl (C=O) groups is 1. The van der Waals surface area contributed by atoms with Crippen molar-refractivity contribution in [3.63, 3.8) is 0 Å². The molecule has 0 aromatic heterocycles. The molecule has 0 saturated heterocycles. The second-order valence-corrected chi connectivity index (χ2v) is 4.99. The van der Waals surface area contributed by atoms with Gasteiger partial charge in [-0.25, -0.2) is 5.48 Å². The van der Waals surface area contributed by atoms with Crippen molar-refractivity contribution in [3.05, 3.63) is 83.4 Å². The molecular formula is C20H15NO2. The van der Waals surface area contributed by atoms with Crippen LogP contribution >= 0.6 is 0 Å². The van der Waals surface area contributed by atoms with E-state index in [1.54, 1.807) is 12.1 Å². The van der Waals surface area contributed by atoms with Crippen molar-refractivity contribution >= 4 is 16.7 Å². The smallest absolute Gasteiger partial charge is 0.276 e. The highest BCUT2D eigenvalue weighted by atomic mass is 16.6. The first-order valence-corrected chi connectivity index (χ1v) is 7.21. The first-order chi connectivity index (χ1) is 11.3. The Balaban J connectivity index is 1.96. The number of hydrogen-bond acceptors (Lipinski definition) is 2. The molecule has 23 heavy (non-hydrogen) atoms. The first kappa shape index (κ1) is 14.8. The molecule has 3 heteroatoms. The lowest BCUT2D eigenvalue weighted by Crippen LogP contribution is -2.22. The van der Waals surface area contributed by atoms with Gasteiger partial charge < -0.3 is 0 Å². The molecule has 3 nitrogen and oxygen atoms in total. The van der Waals surface area contributed by atoms with Gasteiger partial charge in [0.25, 0.3) is 5.91 Å². The summed E-state index contributed by atoms with van der Waals surface area (Å²) in [5.74, 6) is 5.88. The van der Waals surface area contributed by atoms with E-state index < -0.39 is 0 Å². The fraction of sp³-hybridized carbons (Fsp3) is 0.0500. The fourth-order valence-corrected chi connectivity index (χ4v) is 2.34. The van der Waals surface area contributed by atoms with Crippen LogP contribution in [0, 0.1) is 11.8 Å². The number of amides is 1. The lowest BCUT2D eigenvalue weighted by Gasteiger charge is -2.04. The third kappa shape index (κ3) is 3.39. The Bertz CT molecular complexity index is 919. The van der Waals surface area contributed by atoms with Crippen molar-refractivity contribution in [1.29, 1.82) is 0 Å². The highest BCUT2D eigenvalue weighted by Gasteiger charge is 2.08. The minimum atomic E-state index is -0.309. The molecule has 0 saturated carbocycles. The van der Waals surface area contributed by atoms with Crippen molar-refractivity contribution in [2.24, 2.45) is 0 Å². The zero-order valence-electron chi connectivity index (χ0n) is 12.7. The quantitative estimate of drug-likeness (QED) is 0.581. The molecule has 0 aliphatic rings. The maximum absolute atomic E-state index is 11.9. The number of benzene rings is 3. The number of hydrogen-bond donors (Lipinski definition) is 1. The molecule has 0 heterocycles. The van der Waals surface area contributed by atoms with E-state index in [0.29, 0.717) is 11.1 Å². The summed E-state index contributed by atoms with van der Waals surface area (Å²) in [4.78, 5) is 16.6. The third-order valence-corrected chi connectivity index (χ3v) is 3.46. The van der Waals surface area contributed by atoms with Crippen LogP contribution in [0.5, 0.6) is 0 Å². The second kappa shape index (κ2) is 6.78. The van der Waals surface area contributed by atoms with Crippen molar-refractivity contribution < 1.29 is 9.63 Å². The summed E-state index contributed by atoms with van der Waals surface area (Å²) in [5.41, 5.74) is 4.38. The molecule has 0 spiro atoms. The normalized spacial score (nSPS) is 9.96. The van der Waals surface area contributed by atoms with Crippen LogP contribution < -0.4 is 5.48 Å². The van der Waals surface area contributed by atoms with Crippen molar-refractivity contribution in [1.82, 2.24) is 5.48 Å². The Morgan fingerprint density at radius 1 is 0.913 bits per heavy atom. The molecule has 0 atom stereocenters. The van der Waals surface area contributed by atoms with Gasteiger partial charge in [0.15, 0.2) is 0 Å². The van der Waals surface area contributed by atoms with E-state index in [-0.39, 0.29) is 5.91 Å². The highest BCUT2D eigenvalue weighted by molar-refractivity contribution is 5.96. The Labute approximate surface area is 134 Å². The molecule has 3 aromatic rings. The van der Waals surface area contributed by atoms with Gasteiger partial charge in [-0.2, -0.15) is 0 Å². The zero-order chi connectivity index (χ0) is 16.1. The average Bonchev–Trinajstić information content (AvgIpc) is 2.60. The van der Waals surface area contributed by atoms with Gasteiger partial charge >= 0.3 is 0 Å². The van der Waals surface area contributed by atoms with E-state index >= 15 is 0 Å². The topological polar surface area (TPSA) is 38.3 Å². The minimum Gasteiger partial charge on any atom is -0.277 e. The Morgan fingerprint density at radius 3 is 2.48 bits per heavy atom. The molecule has 112 valence electrons. The van der Waals surface area contributed by atoms with Gasteiger partial charge in [0, 0.05) is 11.1 Å². The predicted molar refractivity (Wildman–Crippen MR) is 90.8 cm³/mol. The number of carbonyl (C=O) groups excluding carboxylic acids is 1. The van der Waals surface area contributed by atoms with E-state index in [1.165, 1.54) is 12.5 Å². The summed E-state index contributed by atoms with van der Waals surface area (Å²) in [5, 5.41) is 2.32. The summed E-state index contributed by atoms with van der Waals surface area (Å²) in [6, 6.07) is 21.4. The van der Waals surface area contributed by atoms with E-state index in [9.17, 15) is 4.79 Å². The molecule has 0 aliphatic carbocycles. The SMILES string of the molecule is CONC(=O)c1ccccc1C#Cc1ccc2ccccc2c1. The second-order valence-electron chi connectivity index (χ2n) is 4.99. The molecule has 0 fully saturated rings. The lowest BCUT2D eigenvalue weighted by molar-refractivity contribution is 0.0537. The maximum atomic E-state index is 11.9. The van der Waals surface area contributed by atoms with Crippen LogP contribution in [0.25, 0.3) is 10.8 Å². The van der Waals surface area contributed by atoms with Crippen LogP contribution in [0.2, 0.25) is 0 Å². The molecule has 0 radical (unpaired) electrons. The number of fused-ring (bicyclic) bond motifs is 1. The van der Waals surface area contributed by atoms with Crippen LogP contribution in [0.15, 0.2) is 66.7 Å². The molecule has 1 amide bonds. The fourth-order valence-electron chi connectivity index (χ4n) is 2.34. The van der Waals surface area contributed by atoms with Crippen molar-refractivity contribution in [2.75, 3.05) is 7.11 Å². The Kier molecular flexibility index (Phi) is 4.37. The Morgan fingerprint density at radius 2 is 1.65 bits per heavy atom. The molecule has 3 aromatic carbocycles. The van der Waals surface area contributed by atoms with Gasteiger partial charge in [-0.15, -0.1) is 0 Å². The number of hydroxylamine groups is 1. The van der Waals surface area contributed by atoms with Crippen LogP contribution in [0.3, 0.4) is 0 Å². The monoisotopic (exact) mass is 301 g/mol. The highest BCUT2D eigenvalue weighted by Crippen LogP contribution is 2.15. The van der Waals surface area contributed by atoms with E-state index in [4.69, 9.17) is 0 Å². The minimum absolute atomic E-state index is 0.309. The van der Waals surface area contributed by atoms with E-state index in [0.717, 1.165) is 10.9 Å². The van der Waals surface area contributed by atoms with Crippen LogP contribution in [0.4, 0.5) is 0 Å². The van der Waals surface area contributed by atoms with Crippen LogP contribution in [-0.4, -0.2) is 13.0 Å². The molecular weight excluding hydrogens is 286 g/mol. The largest absolute Gasteiger partial charge is 0.277 e.